The zero-order chi connectivity index (χ0) is 14.2. The van der Waals surface area contributed by atoms with Gasteiger partial charge >= 0.3 is 0 Å². The molecule has 20 heavy (non-hydrogen) atoms. The average molecular weight is 278 g/mol. The van der Waals surface area contributed by atoms with Crippen molar-refractivity contribution in [2.45, 2.75) is 46.0 Å². The van der Waals surface area contributed by atoms with Gasteiger partial charge in [0.1, 0.15) is 5.78 Å². The Bertz CT molecular complexity index is 354. The van der Waals surface area contributed by atoms with Gasteiger partial charge in [-0.2, -0.15) is 0 Å². The Morgan fingerprint density at radius 1 is 1.00 bits per heavy atom. The number of ketones is 1. The van der Waals surface area contributed by atoms with Gasteiger partial charge in [0.15, 0.2) is 0 Å². The second kappa shape index (κ2) is 5.76. The minimum Gasteiger partial charge on any atom is -0.301 e. The summed E-state index contributed by atoms with van der Waals surface area (Å²) in [7, 11) is 0. The maximum absolute atomic E-state index is 12.5. The van der Waals surface area contributed by atoms with Crippen LogP contribution in [0.15, 0.2) is 0 Å². The highest BCUT2D eigenvalue weighted by molar-refractivity contribution is 5.87. The lowest BCUT2D eigenvalue weighted by Crippen LogP contribution is -2.50. The van der Waals surface area contributed by atoms with Crippen LogP contribution >= 0.6 is 0 Å². The Labute approximate surface area is 123 Å². The van der Waals surface area contributed by atoms with Gasteiger partial charge in [0.05, 0.1) is 0 Å². The van der Waals surface area contributed by atoms with E-state index in [2.05, 4.69) is 23.6 Å². The molecule has 3 aliphatic rings. The molecule has 2 saturated carbocycles. The minimum absolute atomic E-state index is 0.0727. The van der Waals surface area contributed by atoms with Crippen molar-refractivity contribution in [1.82, 2.24) is 9.80 Å². The van der Waals surface area contributed by atoms with E-state index < -0.39 is 0 Å². The molecule has 1 aliphatic heterocycles. The van der Waals surface area contributed by atoms with Crippen LogP contribution < -0.4 is 0 Å². The van der Waals surface area contributed by atoms with Gasteiger partial charge in [-0.3, -0.25) is 4.79 Å². The maximum Gasteiger partial charge on any atom is 0.142 e. The van der Waals surface area contributed by atoms with Gasteiger partial charge in [0.2, 0.25) is 0 Å². The number of nitrogens with zero attached hydrogens (tertiary/aromatic N) is 2. The third kappa shape index (κ3) is 3.43. The predicted molar refractivity (Wildman–Crippen MR) is 81.7 cm³/mol. The molecule has 0 bridgehead atoms. The summed E-state index contributed by atoms with van der Waals surface area (Å²) in [6, 6.07) is 0. The molecule has 1 unspecified atom stereocenters. The Balaban J connectivity index is 1.45. The summed E-state index contributed by atoms with van der Waals surface area (Å²) >= 11 is 0. The van der Waals surface area contributed by atoms with Crippen LogP contribution in [0.1, 0.15) is 46.0 Å². The molecule has 0 N–H and O–H groups in total. The highest BCUT2D eigenvalue weighted by atomic mass is 16.1. The van der Waals surface area contributed by atoms with Gasteiger partial charge in [-0.15, -0.1) is 0 Å². The number of piperazine rings is 1. The maximum atomic E-state index is 12.5. The van der Waals surface area contributed by atoms with Crippen molar-refractivity contribution in [2.75, 3.05) is 39.3 Å². The van der Waals surface area contributed by atoms with Crippen molar-refractivity contribution in [3.8, 4) is 0 Å². The summed E-state index contributed by atoms with van der Waals surface area (Å²) in [5.41, 5.74) is -0.0727. The largest absolute Gasteiger partial charge is 0.301 e. The quantitative estimate of drug-likeness (QED) is 0.789. The van der Waals surface area contributed by atoms with Gasteiger partial charge in [-0.25, -0.2) is 0 Å². The summed E-state index contributed by atoms with van der Waals surface area (Å²) < 4.78 is 0. The summed E-state index contributed by atoms with van der Waals surface area (Å²) in [5.74, 6) is 1.82. The molecule has 1 atom stereocenters. The first-order chi connectivity index (χ1) is 9.54. The molecule has 0 aromatic rings. The zero-order valence-corrected chi connectivity index (χ0v) is 13.2. The molecule has 0 radical (unpaired) electrons. The second-order valence-electron chi connectivity index (χ2n) is 7.88. The number of hydrogen-bond acceptors (Lipinski definition) is 3. The number of hydrogen-bond donors (Lipinski definition) is 0. The fourth-order valence-electron chi connectivity index (χ4n) is 3.90. The van der Waals surface area contributed by atoms with Crippen molar-refractivity contribution >= 4 is 5.78 Å². The highest BCUT2D eigenvalue weighted by Gasteiger charge is 2.38. The van der Waals surface area contributed by atoms with Crippen molar-refractivity contribution in [1.29, 1.82) is 0 Å². The van der Waals surface area contributed by atoms with E-state index in [4.69, 9.17) is 0 Å². The van der Waals surface area contributed by atoms with Crippen molar-refractivity contribution < 1.29 is 4.79 Å². The number of Topliss-reactive ketones (excluding diaryl/α,β-unsaturated/α-hetero) is 1. The molecule has 3 fully saturated rings. The van der Waals surface area contributed by atoms with Gasteiger partial charge in [0.25, 0.3) is 0 Å². The van der Waals surface area contributed by atoms with Crippen molar-refractivity contribution in [3.63, 3.8) is 0 Å². The highest BCUT2D eigenvalue weighted by Crippen LogP contribution is 2.36. The Morgan fingerprint density at radius 2 is 1.60 bits per heavy atom. The lowest BCUT2D eigenvalue weighted by atomic mass is 9.71. The van der Waals surface area contributed by atoms with E-state index in [1.807, 2.05) is 0 Å². The summed E-state index contributed by atoms with van der Waals surface area (Å²) in [6.07, 6.45) is 6.32. The molecule has 1 heterocycles. The van der Waals surface area contributed by atoms with Gasteiger partial charge in [0, 0.05) is 50.6 Å². The molecule has 0 amide bonds. The van der Waals surface area contributed by atoms with Crippen molar-refractivity contribution in [3.05, 3.63) is 0 Å². The molecular weight excluding hydrogens is 248 g/mol. The standard InChI is InChI=1S/C17H30N2O/c1-17(2)7-3-4-15(16(17)20)13-19-10-8-18(9-11-19)12-14-5-6-14/h14-15H,3-13H2,1-2H3. The summed E-state index contributed by atoms with van der Waals surface area (Å²) in [4.78, 5) is 17.7. The first-order valence-corrected chi connectivity index (χ1v) is 8.53. The van der Waals surface area contributed by atoms with Crippen LogP contribution in [0, 0.1) is 17.3 Å². The van der Waals surface area contributed by atoms with Crippen LogP contribution in [0.4, 0.5) is 0 Å². The molecule has 114 valence electrons. The first-order valence-electron chi connectivity index (χ1n) is 8.53. The van der Waals surface area contributed by atoms with Gasteiger partial charge < -0.3 is 9.80 Å². The van der Waals surface area contributed by atoms with E-state index in [9.17, 15) is 4.79 Å². The number of carbonyl (C=O) groups is 1. The molecule has 0 aromatic heterocycles. The van der Waals surface area contributed by atoms with E-state index in [-0.39, 0.29) is 5.41 Å². The Hall–Kier alpha value is -0.410. The van der Waals surface area contributed by atoms with Crippen LogP contribution in [-0.4, -0.2) is 54.9 Å². The van der Waals surface area contributed by atoms with Crippen LogP contribution in [0.3, 0.4) is 0 Å². The van der Waals surface area contributed by atoms with E-state index in [1.54, 1.807) is 0 Å². The smallest absolute Gasteiger partial charge is 0.142 e. The molecule has 0 spiro atoms. The Kier molecular flexibility index (Phi) is 4.19. The molecule has 1 saturated heterocycles. The Morgan fingerprint density at radius 3 is 2.20 bits per heavy atom. The van der Waals surface area contributed by atoms with Crippen LogP contribution in [-0.2, 0) is 4.79 Å². The normalized spacial score (nSPS) is 32.5. The monoisotopic (exact) mass is 278 g/mol. The molecular formula is C17H30N2O. The van der Waals surface area contributed by atoms with E-state index in [0.29, 0.717) is 11.7 Å². The molecule has 2 aliphatic carbocycles. The molecule has 3 heteroatoms. The van der Waals surface area contributed by atoms with Crippen LogP contribution in [0.25, 0.3) is 0 Å². The average Bonchev–Trinajstić information content (AvgIpc) is 3.21. The fraction of sp³-hybridized carbons (Fsp3) is 0.941. The summed E-state index contributed by atoms with van der Waals surface area (Å²) in [6.45, 7) is 11.3. The van der Waals surface area contributed by atoms with Crippen molar-refractivity contribution in [2.24, 2.45) is 17.3 Å². The molecule has 3 rings (SSSR count). The first kappa shape index (κ1) is 14.5. The zero-order valence-electron chi connectivity index (χ0n) is 13.2. The lowest BCUT2D eigenvalue weighted by Gasteiger charge is -2.39. The van der Waals surface area contributed by atoms with E-state index >= 15 is 0 Å². The van der Waals surface area contributed by atoms with Gasteiger partial charge in [-0.05, 0) is 31.6 Å². The molecule has 0 aromatic carbocycles. The topological polar surface area (TPSA) is 23.6 Å². The predicted octanol–water partition coefficient (Wildman–Crippen LogP) is 2.41. The van der Waals surface area contributed by atoms with Crippen LogP contribution in [0.2, 0.25) is 0 Å². The van der Waals surface area contributed by atoms with Gasteiger partial charge in [-0.1, -0.05) is 20.3 Å². The number of rotatable bonds is 4. The SMILES string of the molecule is CC1(C)CCCC(CN2CCN(CC3CC3)CC2)C1=O. The fourth-order valence-corrected chi connectivity index (χ4v) is 3.90. The van der Waals surface area contributed by atoms with E-state index in [0.717, 1.165) is 38.4 Å². The minimum atomic E-state index is -0.0727. The second-order valence-corrected chi connectivity index (χ2v) is 7.88. The number of carbonyl (C=O) groups excluding carboxylic acids is 1. The van der Waals surface area contributed by atoms with Crippen LogP contribution in [0.5, 0.6) is 0 Å². The lowest BCUT2D eigenvalue weighted by molar-refractivity contribution is -0.135. The molecule has 3 nitrogen and oxygen atoms in total. The summed E-state index contributed by atoms with van der Waals surface area (Å²) in [5, 5.41) is 0. The van der Waals surface area contributed by atoms with E-state index in [1.165, 1.54) is 38.9 Å². The third-order valence-electron chi connectivity index (χ3n) is 5.55. The third-order valence-corrected chi connectivity index (χ3v) is 5.55.